The molecule has 1 aromatic carbocycles. The predicted molar refractivity (Wildman–Crippen MR) is 119 cm³/mol. The quantitative estimate of drug-likeness (QED) is 0.588. The van der Waals surface area contributed by atoms with E-state index in [1.807, 2.05) is 19.0 Å². The summed E-state index contributed by atoms with van der Waals surface area (Å²) < 4.78 is 18.8. The lowest BCUT2D eigenvalue weighted by atomic mass is 10.0. The zero-order valence-electron chi connectivity index (χ0n) is 18.8. The van der Waals surface area contributed by atoms with Crippen molar-refractivity contribution in [2.24, 2.45) is 0 Å². The molecule has 1 aliphatic heterocycles. The lowest BCUT2D eigenvalue weighted by molar-refractivity contribution is -0.128. The van der Waals surface area contributed by atoms with Crippen LogP contribution in [-0.2, 0) is 4.79 Å². The third-order valence-electron chi connectivity index (χ3n) is 5.53. The fourth-order valence-electron chi connectivity index (χ4n) is 4.06. The first-order valence-corrected chi connectivity index (χ1v) is 10.4. The maximum absolute atomic E-state index is 13.6. The van der Waals surface area contributed by atoms with Gasteiger partial charge in [-0.05, 0) is 52.1 Å². The second kappa shape index (κ2) is 10.0. The van der Waals surface area contributed by atoms with Crippen LogP contribution in [0.1, 0.15) is 35.7 Å². The Morgan fingerprint density at radius 3 is 2.53 bits per heavy atom. The molecule has 1 aliphatic rings. The normalized spacial score (nSPS) is 16.1. The van der Waals surface area contributed by atoms with Crippen molar-refractivity contribution in [1.29, 1.82) is 0 Å². The summed E-state index contributed by atoms with van der Waals surface area (Å²) in [5.74, 6) is -0.392. The van der Waals surface area contributed by atoms with E-state index in [9.17, 15) is 14.0 Å². The van der Waals surface area contributed by atoms with Crippen molar-refractivity contribution in [3.8, 4) is 5.75 Å². The van der Waals surface area contributed by atoms with Crippen LogP contribution in [0.4, 0.5) is 16.2 Å². The molecule has 0 spiro atoms. The number of nitrogen functional groups attached to an aromatic ring is 1. The monoisotopic (exact) mass is 444 g/mol. The largest absolute Gasteiger partial charge is 0.496 e. The number of likely N-dealkylation sites (tertiary alicyclic amines) is 1. The lowest BCUT2D eigenvalue weighted by Gasteiger charge is -2.39. The average molecular weight is 445 g/mol. The standard InChI is InChI=1S/C22H29FN6O3/c1-13(30)21(28(2)3)29-9-7-15(8-10-29)26-22-25-12-17(20(24)27-22)19(31)16-11-14(23)5-6-18(16)32-4/h5-6,11-12,15,21H,7-10H2,1-4H3,(H3,24,25,26,27). The number of carbonyl (C=O) groups excluding carboxylic acids is 2. The number of halogens is 1. The highest BCUT2D eigenvalue weighted by molar-refractivity contribution is 6.13. The Morgan fingerprint density at radius 2 is 1.97 bits per heavy atom. The molecular weight excluding hydrogens is 415 g/mol. The Balaban J connectivity index is 1.67. The van der Waals surface area contributed by atoms with E-state index < -0.39 is 11.6 Å². The van der Waals surface area contributed by atoms with Gasteiger partial charge in [0.15, 0.2) is 5.78 Å². The van der Waals surface area contributed by atoms with Crippen molar-refractivity contribution in [2.45, 2.75) is 32.0 Å². The molecule has 0 bridgehead atoms. The molecule has 2 heterocycles. The molecule has 0 aliphatic carbocycles. The fourth-order valence-corrected chi connectivity index (χ4v) is 4.06. The minimum absolute atomic E-state index is 0.000465. The van der Waals surface area contributed by atoms with Crippen LogP contribution in [0.25, 0.3) is 0 Å². The number of piperidine rings is 1. The van der Waals surface area contributed by atoms with Gasteiger partial charge in [-0.25, -0.2) is 9.37 Å². The molecule has 9 nitrogen and oxygen atoms in total. The van der Waals surface area contributed by atoms with Gasteiger partial charge in [0, 0.05) is 25.3 Å². The summed E-state index contributed by atoms with van der Waals surface area (Å²) in [6.07, 6.45) is 2.72. The molecule has 1 saturated heterocycles. The molecule has 32 heavy (non-hydrogen) atoms. The number of nitrogens with one attached hydrogen (secondary N) is 1. The molecule has 0 radical (unpaired) electrons. The molecule has 1 unspecified atom stereocenters. The number of nitrogens with two attached hydrogens (primary N) is 1. The number of nitrogens with zero attached hydrogens (tertiary/aromatic N) is 4. The Kier molecular flexibility index (Phi) is 7.37. The molecular formula is C22H29FN6O3. The van der Waals surface area contributed by atoms with Crippen LogP contribution in [0.5, 0.6) is 5.75 Å². The highest BCUT2D eigenvalue weighted by Crippen LogP contribution is 2.25. The summed E-state index contributed by atoms with van der Waals surface area (Å²) in [4.78, 5) is 37.3. The average Bonchev–Trinajstić information content (AvgIpc) is 2.74. The molecule has 3 rings (SSSR count). The lowest BCUT2D eigenvalue weighted by Crippen LogP contribution is -2.53. The summed E-state index contributed by atoms with van der Waals surface area (Å²) in [6.45, 7) is 3.12. The van der Waals surface area contributed by atoms with Crippen LogP contribution < -0.4 is 15.8 Å². The van der Waals surface area contributed by atoms with Crippen LogP contribution in [0.15, 0.2) is 24.4 Å². The number of benzene rings is 1. The van der Waals surface area contributed by atoms with Gasteiger partial charge in [0.1, 0.15) is 23.6 Å². The van der Waals surface area contributed by atoms with Gasteiger partial charge in [0.2, 0.25) is 11.7 Å². The molecule has 1 aromatic heterocycles. The highest BCUT2D eigenvalue weighted by atomic mass is 19.1. The third-order valence-corrected chi connectivity index (χ3v) is 5.53. The number of anilines is 2. The Bertz CT molecular complexity index is 992. The molecule has 0 amide bonds. The van der Waals surface area contributed by atoms with Crippen LogP contribution >= 0.6 is 0 Å². The number of hydrogen-bond acceptors (Lipinski definition) is 9. The number of rotatable bonds is 8. The zero-order valence-corrected chi connectivity index (χ0v) is 18.8. The van der Waals surface area contributed by atoms with Crippen molar-refractivity contribution >= 4 is 23.3 Å². The molecule has 2 aromatic rings. The maximum Gasteiger partial charge on any atom is 0.224 e. The van der Waals surface area contributed by atoms with Crippen molar-refractivity contribution in [3.63, 3.8) is 0 Å². The minimum atomic E-state index is -0.556. The van der Waals surface area contributed by atoms with E-state index in [0.29, 0.717) is 5.95 Å². The van der Waals surface area contributed by atoms with E-state index in [-0.39, 0.29) is 40.7 Å². The second-order valence-corrected chi connectivity index (χ2v) is 8.07. The first-order valence-electron chi connectivity index (χ1n) is 10.4. The van der Waals surface area contributed by atoms with Gasteiger partial charge in [-0.2, -0.15) is 4.98 Å². The van der Waals surface area contributed by atoms with E-state index >= 15 is 0 Å². The number of hydrogen-bond donors (Lipinski definition) is 2. The molecule has 1 fully saturated rings. The van der Waals surface area contributed by atoms with E-state index in [1.54, 1.807) is 6.92 Å². The zero-order chi connectivity index (χ0) is 23.4. The maximum atomic E-state index is 13.6. The highest BCUT2D eigenvalue weighted by Gasteiger charge is 2.29. The van der Waals surface area contributed by atoms with Crippen molar-refractivity contribution in [1.82, 2.24) is 19.8 Å². The molecule has 3 N–H and O–H groups in total. The molecule has 172 valence electrons. The summed E-state index contributed by atoms with van der Waals surface area (Å²) in [7, 11) is 5.20. The summed E-state index contributed by atoms with van der Waals surface area (Å²) >= 11 is 0. The van der Waals surface area contributed by atoms with Gasteiger partial charge in [-0.3, -0.25) is 19.4 Å². The summed E-state index contributed by atoms with van der Waals surface area (Å²) in [5.41, 5.74) is 6.15. The number of ketones is 2. The minimum Gasteiger partial charge on any atom is -0.496 e. The van der Waals surface area contributed by atoms with Gasteiger partial charge in [-0.15, -0.1) is 0 Å². The Labute approximate surface area is 186 Å². The molecule has 1 atom stereocenters. The predicted octanol–water partition coefficient (Wildman–Crippen LogP) is 1.79. The third kappa shape index (κ3) is 5.20. The van der Waals surface area contributed by atoms with Gasteiger partial charge in [0.25, 0.3) is 0 Å². The van der Waals surface area contributed by atoms with E-state index in [1.165, 1.54) is 25.4 Å². The number of aromatic nitrogens is 2. The van der Waals surface area contributed by atoms with E-state index in [2.05, 4.69) is 20.2 Å². The SMILES string of the molecule is COc1ccc(F)cc1C(=O)c1cnc(NC2CCN(C(C(C)=O)N(C)C)CC2)nc1N. The number of methoxy groups -OCH3 is 1. The second-order valence-electron chi connectivity index (χ2n) is 8.07. The van der Waals surface area contributed by atoms with Crippen LogP contribution in [0, 0.1) is 5.82 Å². The molecule has 0 saturated carbocycles. The Morgan fingerprint density at radius 1 is 1.28 bits per heavy atom. The van der Waals surface area contributed by atoms with Crippen LogP contribution in [-0.4, -0.2) is 77.8 Å². The number of carbonyl (C=O) groups is 2. The van der Waals surface area contributed by atoms with Crippen molar-refractivity contribution in [2.75, 3.05) is 45.3 Å². The summed E-state index contributed by atoms with van der Waals surface area (Å²) in [6, 6.07) is 3.81. The van der Waals surface area contributed by atoms with Crippen LogP contribution in [0.2, 0.25) is 0 Å². The Hall–Kier alpha value is -3.11. The van der Waals surface area contributed by atoms with Crippen molar-refractivity contribution in [3.05, 3.63) is 41.3 Å². The topological polar surface area (TPSA) is 114 Å². The smallest absolute Gasteiger partial charge is 0.224 e. The fraction of sp³-hybridized carbons (Fsp3) is 0.455. The van der Waals surface area contributed by atoms with Crippen molar-refractivity contribution < 1.29 is 18.7 Å². The van der Waals surface area contributed by atoms with Gasteiger partial charge in [0.05, 0.1) is 18.2 Å². The first-order chi connectivity index (χ1) is 15.2. The van der Waals surface area contributed by atoms with E-state index in [4.69, 9.17) is 10.5 Å². The first kappa shape index (κ1) is 23.6. The number of likely N-dealkylation sites (N-methyl/N-ethyl adjacent to an activating group) is 1. The van der Waals surface area contributed by atoms with Gasteiger partial charge < -0.3 is 15.8 Å². The van der Waals surface area contributed by atoms with Gasteiger partial charge >= 0.3 is 0 Å². The number of ether oxygens (including phenoxy) is 1. The van der Waals surface area contributed by atoms with E-state index in [0.717, 1.165) is 32.0 Å². The van der Waals surface area contributed by atoms with Gasteiger partial charge in [-0.1, -0.05) is 0 Å². The van der Waals surface area contributed by atoms with Crippen LogP contribution in [0.3, 0.4) is 0 Å². The molecule has 10 heteroatoms. The summed E-state index contributed by atoms with van der Waals surface area (Å²) in [5, 5.41) is 3.25. The number of Topliss-reactive ketones (excluding diaryl/α,β-unsaturated/α-hetero) is 1.